The van der Waals surface area contributed by atoms with Gasteiger partial charge in [0.2, 0.25) is 10.0 Å². The molecule has 1 fully saturated rings. The summed E-state index contributed by atoms with van der Waals surface area (Å²) in [6, 6.07) is 6.16. The van der Waals surface area contributed by atoms with E-state index < -0.39 is 10.0 Å². The van der Waals surface area contributed by atoms with Gasteiger partial charge in [0.05, 0.1) is 5.75 Å². The first-order valence-electron chi connectivity index (χ1n) is 8.58. The van der Waals surface area contributed by atoms with Gasteiger partial charge in [-0.15, -0.1) is 0 Å². The molecule has 0 unspecified atom stereocenters. The third kappa shape index (κ3) is 3.40. The Labute approximate surface area is 160 Å². The summed E-state index contributed by atoms with van der Waals surface area (Å²) in [4.78, 5) is 10.9. The van der Waals surface area contributed by atoms with Crippen molar-refractivity contribution in [3.05, 3.63) is 36.4 Å². The minimum atomic E-state index is -3.17. The molecule has 4 rings (SSSR count). The first-order chi connectivity index (χ1) is 13.0. The van der Waals surface area contributed by atoms with E-state index in [1.165, 1.54) is 34.3 Å². The van der Waals surface area contributed by atoms with Gasteiger partial charge in [0.15, 0.2) is 5.82 Å². The molecule has 0 atom stereocenters. The number of halogens is 1. The maximum atomic E-state index is 13.2. The monoisotopic (exact) mass is 407 g/mol. The molecule has 0 bridgehead atoms. The fraction of sp³-hybridized carbons (Fsp3) is 0.353. The van der Waals surface area contributed by atoms with Gasteiger partial charge in [-0.2, -0.15) is 8.68 Å². The highest BCUT2D eigenvalue weighted by molar-refractivity contribution is 7.89. The van der Waals surface area contributed by atoms with Crippen LogP contribution in [0.4, 0.5) is 10.2 Å². The second-order valence-electron chi connectivity index (χ2n) is 6.20. The van der Waals surface area contributed by atoms with Crippen LogP contribution in [0.15, 0.2) is 30.6 Å². The molecule has 27 heavy (non-hydrogen) atoms. The van der Waals surface area contributed by atoms with E-state index in [1.807, 2.05) is 0 Å². The SMILES string of the molecule is CCS(=O)(=O)N1CCN(c2ncnc3c(-c4ccc(F)cc4)nsc23)CC1. The summed E-state index contributed by atoms with van der Waals surface area (Å²) in [6.45, 7) is 3.66. The second-order valence-corrected chi connectivity index (χ2v) is 9.23. The lowest BCUT2D eigenvalue weighted by Crippen LogP contribution is -2.49. The van der Waals surface area contributed by atoms with Crippen molar-refractivity contribution in [1.82, 2.24) is 18.6 Å². The van der Waals surface area contributed by atoms with Crippen LogP contribution in [0.25, 0.3) is 21.5 Å². The standard InChI is InChI=1S/C17H18FN5O2S2/c1-2-27(24,25)23-9-7-22(8-10-23)17-16-15(19-11-20-17)14(21-26-16)12-3-5-13(18)6-4-12/h3-6,11H,2,7-10H2,1H3. The molecule has 7 nitrogen and oxygen atoms in total. The van der Waals surface area contributed by atoms with E-state index in [-0.39, 0.29) is 11.6 Å². The lowest BCUT2D eigenvalue weighted by Gasteiger charge is -2.34. The Morgan fingerprint density at radius 3 is 2.48 bits per heavy atom. The summed E-state index contributed by atoms with van der Waals surface area (Å²) in [6.07, 6.45) is 1.49. The minimum absolute atomic E-state index is 0.112. The average Bonchev–Trinajstić information content (AvgIpc) is 3.13. The third-order valence-corrected chi connectivity index (χ3v) is 7.37. The number of nitrogens with zero attached hydrogens (tertiary/aromatic N) is 5. The molecule has 3 heterocycles. The second kappa shape index (κ2) is 7.10. The maximum absolute atomic E-state index is 13.2. The Morgan fingerprint density at radius 1 is 1.11 bits per heavy atom. The molecule has 0 radical (unpaired) electrons. The molecule has 3 aromatic rings. The Balaban J connectivity index is 1.64. The molecule has 0 amide bonds. The van der Waals surface area contributed by atoms with Crippen molar-refractivity contribution in [2.45, 2.75) is 6.92 Å². The van der Waals surface area contributed by atoms with Gasteiger partial charge in [0, 0.05) is 31.7 Å². The number of benzene rings is 1. The summed E-state index contributed by atoms with van der Waals surface area (Å²) >= 11 is 1.30. The quantitative estimate of drug-likeness (QED) is 0.661. The van der Waals surface area contributed by atoms with E-state index >= 15 is 0 Å². The van der Waals surface area contributed by atoms with Crippen LogP contribution in [0.2, 0.25) is 0 Å². The predicted molar refractivity (Wildman–Crippen MR) is 104 cm³/mol. The molecule has 1 aromatic carbocycles. The van der Waals surface area contributed by atoms with Gasteiger partial charge < -0.3 is 4.90 Å². The van der Waals surface area contributed by atoms with Crippen molar-refractivity contribution in [3.63, 3.8) is 0 Å². The minimum Gasteiger partial charge on any atom is -0.353 e. The number of hydrogen-bond donors (Lipinski definition) is 0. The van der Waals surface area contributed by atoms with Crippen molar-refractivity contribution >= 4 is 37.6 Å². The van der Waals surface area contributed by atoms with Gasteiger partial charge in [0.1, 0.15) is 28.1 Å². The molecular formula is C17H18FN5O2S2. The summed E-state index contributed by atoms with van der Waals surface area (Å²) in [5, 5.41) is 0. The van der Waals surface area contributed by atoms with Crippen molar-refractivity contribution in [3.8, 4) is 11.3 Å². The normalized spacial score (nSPS) is 16.1. The number of sulfonamides is 1. The fourth-order valence-corrected chi connectivity index (χ4v) is 5.09. The number of fused-ring (bicyclic) bond motifs is 1. The van der Waals surface area contributed by atoms with Crippen LogP contribution in [-0.2, 0) is 10.0 Å². The van der Waals surface area contributed by atoms with Crippen LogP contribution >= 0.6 is 11.5 Å². The molecule has 2 aromatic heterocycles. The van der Waals surface area contributed by atoms with E-state index in [4.69, 9.17) is 0 Å². The third-order valence-electron chi connectivity index (χ3n) is 4.65. The van der Waals surface area contributed by atoms with Crippen molar-refractivity contribution in [2.75, 3.05) is 36.8 Å². The van der Waals surface area contributed by atoms with Crippen molar-refractivity contribution in [2.24, 2.45) is 0 Å². The number of aromatic nitrogens is 3. The van der Waals surface area contributed by atoms with Crippen LogP contribution in [0.1, 0.15) is 6.92 Å². The molecule has 0 N–H and O–H groups in total. The highest BCUT2D eigenvalue weighted by Crippen LogP contribution is 2.34. The molecular weight excluding hydrogens is 389 g/mol. The first-order valence-corrected chi connectivity index (χ1v) is 11.0. The molecule has 1 aliphatic heterocycles. The van der Waals surface area contributed by atoms with Crippen LogP contribution in [-0.4, -0.2) is 59.0 Å². The number of anilines is 1. The molecule has 1 saturated heterocycles. The van der Waals surface area contributed by atoms with E-state index in [2.05, 4.69) is 19.2 Å². The van der Waals surface area contributed by atoms with Gasteiger partial charge in [-0.1, -0.05) is 0 Å². The molecule has 142 valence electrons. The Kier molecular flexibility index (Phi) is 4.79. The molecule has 0 saturated carbocycles. The van der Waals surface area contributed by atoms with E-state index in [1.54, 1.807) is 19.1 Å². The zero-order chi connectivity index (χ0) is 19.0. The molecule has 0 spiro atoms. The Bertz CT molecular complexity index is 1060. The molecule has 10 heteroatoms. The smallest absolute Gasteiger partial charge is 0.213 e. The first kappa shape index (κ1) is 18.2. The van der Waals surface area contributed by atoms with Gasteiger partial charge in [-0.3, -0.25) is 0 Å². The fourth-order valence-electron chi connectivity index (χ4n) is 3.13. The van der Waals surface area contributed by atoms with Crippen LogP contribution in [0.5, 0.6) is 0 Å². The lowest BCUT2D eigenvalue weighted by molar-refractivity contribution is 0.385. The molecule has 0 aliphatic carbocycles. The highest BCUT2D eigenvalue weighted by atomic mass is 32.2. The van der Waals surface area contributed by atoms with Gasteiger partial charge in [-0.05, 0) is 42.7 Å². The van der Waals surface area contributed by atoms with Gasteiger partial charge in [0.25, 0.3) is 0 Å². The Morgan fingerprint density at radius 2 is 1.81 bits per heavy atom. The summed E-state index contributed by atoms with van der Waals surface area (Å²) < 4.78 is 44.2. The predicted octanol–water partition coefficient (Wildman–Crippen LogP) is 2.36. The molecule has 1 aliphatic rings. The topological polar surface area (TPSA) is 79.3 Å². The number of rotatable bonds is 4. The van der Waals surface area contributed by atoms with E-state index in [9.17, 15) is 12.8 Å². The lowest BCUT2D eigenvalue weighted by atomic mass is 10.1. The Hall–Kier alpha value is -2.17. The number of hydrogen-bond acceptors (Lipinski definition) is 7. The van der Waals surface area contributed by atoms with Crippen molar-refractivity contribution in [1.29, 1.82) is 0 Å². The van der Waals surface area contributed by atoms with Gasteiger partial charge >= 0.3 is 0 Å². The summed E-state index contributed by atoms with van der Waals surface area (Å²) in [5.74, 6) is 0.577. The van der Waals surface area contributed by atoms with Crippen LogP contribution < -0.4 is 4.90 Å². The summed E-state index contributed by atoms with van der Waals surface area (Å²) in [7, 11) is -3.17. The zero-order valence-corrected chi connectivity index (χ0v) is 16.3. The van der Waals surface area contributed by atoms with E-state index in [0.717, 1.165) is 21.6 Å². The van der Waals surface area contributed by atoms with Crippen LogP contribution in [0.3, 0.4) is 0 Å². The number of piperazine rings is 1. The summed E-state index contributed by atoms with van der Waals surface area (Å²) in [5.41, 5.74) is 2.22. The average molecular weight is 407 g/mol. The zero-order valence-electron chi connectivity index (χ0n) is 14.7. The van der Waals surface area contributed by atoms with E-state index in [0.29, 0.717) is 31.9 Å². The highest BCUT2D eigenvalue weighted by Gasteiger charge is 2.27. The van der Waals surface area contributed by atoms with Gasteiger partial charge in [-0.25, -0.2) is 22.8 Å². The van der Waals surface area contributed by atoms with Crippen LogP contribution in [0, 0.1) is 5.82 Å². The largest absolute Gasteiger partial charge is 0.353 e. The van der Waals surface area contributed by atoms with Crippen molar-refractivity contribution < 1.29 is 12.8 Å². The maximum Gasteiger partial charge on any atom is 0.213 e.